The number of carboxylic acids is 2. The minimum absolute atomic E-state index is 0.0700. The first kappa shape index (κ1) is 30.1. The molecule has 3 N–H and O–H groups in total. The highest BCUT2D eigenvalue weighted by Crippen LogP contribution is 2.11. The predicted octanol–water partition coefficient (Wildman–Crippen LogP) is 1.93. The number of carbonyl (C=O) groups excluding carboxylic acids is 1. The fourth-order valence-corrected chi connectivity index (χ4v) is 3.91. The molecule has 33 heavy (non-hydrogen) atoms. The number of hydrogen-bond donors (Lipinski definition) is 3. The van der Waals surface area contributed by atoms with Crippen LogP contribution in [0.3, 0.4) is 0 Å². The second-order valence-electron chi connectivity index (χ2n) is 7.19. The van der Waals surface area contributed by atoms with Gasteiger partial charge in [0, 0.05) is 37.8 Å². The summed E-state index contributed by atoms with van der Waals surface area (Å²) >= 11 is 0. The summed E-state index contributed by atoms with van der Waals surface area (Å²) in [6, 6.07) is 8.06. The number of carbonyl (C=O) groups is 3. The molecule has 0 bridgehead atoms. The third-order valence-electron chi connectivity index (χ3n) is 4.55. The lowest BCUT2D eigenvalue weighted by atomic mass is 10.3. The van der Waals surface area contributed by atoms with E-state index in [0.29, 0.717) is 23.6 Å². The number of aliphatic carboxylic acids is 2. The van der Waals surface area contributed by atoms with Crippen LogP contribution >= 0.6 is 0 Å². The van der Waals surface area contributed by atoms with E-state index in [-0.39, 0.29) is 24.4 Å². The number of urea groups is 1. The smallest absolute Gasteiger partial charge is 0.328 e. The van der Waals surface area contributed by atoms with Crippen LogP contribution in [0.15, 0.2) is 47.4 Å². The normalized spacial score (nSPS) is 11.2. The van der Waals surface area contributed by atoms with Gasteiger partial charge in [0.2, 0.25) is 0 Å². The molecule has 0 radical (unpaired) electrons. The molecule has 0 aliphatic carbocycles. The zero-order valence-electron chi connectivity index (χ0n) is 19.6. The molecule has 186 valence electrons. The van der Waals surface area contributed by atoms with Gasteiger partial charge in [0.1, 0.15) is 0 Å². The van der Waals surface area contributed by atoms with Crippen LogP contribution in [0.2, 0.25) is 0 Å². The van der Waals surface area contributed by atoms with Gasteiger partial charge in [-0.05, 0) is 39.1 Å². The van der Waals surface area contributed by atoms with E-state index >= 15 is 0 Å². The molecule has 0 saturated heterocycles. The summed E-state index contributed by atoms with van der Waals surface area (Å²) in [5, 5.41) is 18.5. The maximum atomic E-state index is 12.4. The monoisotopic (exact) mass is 485 g/mol. The number of benzene rings is 1. The van der Waals surface area contributed by atoms with Crippen molar-refractivity contribution in [1.82, 2.24) is 15.1 Å². The van der Waals surface area contributed by atoms with Gasteiger partial charge in [-0.2, -0.15) is 0 Å². The molecule has 0 aliphatic rings. The highest BCUT2D eigenvalue weighted by atomic mass is 32.2. The molecule has 0 aromatic heterocycles. The molecule has 0 saturated carbocycles. The van der Waals surface area contributed by atoms with E-state index < -0.39 is 21.8 Å². The molecule has 1 aromatic carbocycles. The fourth-order valence-electron chi connectivity index (χ4n) is 2.66. The van der Waals surface area contributed by atoms with Crippen LogP contribution in [0, 0.1) is 0 Å². The van der Waals surface area contributed by atoms with E-state index in [4.69, 9.17) is 10.2 Å². The molecule has 1 aromatic rings. The molecule has 2 amide bonds. The minimum Gasteiger partial charge on any atom is -0.478 e. The summed E-state index contributed by atoms with van der Waals surface area (Å²) in [6.07, 6.45) is 1.12. The topological polar surface area (TPSA) is 144 Å². The Hall–Kier alpha value is -2.92. The third kappa shape index (κ3) is 13.3. The Morgan fingerprint density at radius 3 is 1.91 bits per heavy atom. The number of sulfone groups is 1. The summed E-state index contributed by atoms with van der Waals surface area (Å²) < 4.78 is 24.8. The largest absolute Gasteiger partial charge is 0.478 e. The van der Waals surface area contributed by atoms with Gasteiger partial charge in [-0.25, -0.2) is 22.8 Å². The van der Waals surface area contributed by atoms with E-state index in [0.717, 1.165) is 19.6 Å². The number of carboxylic acid groups (broad SMARTS) is 2. The molecule has 0 unspecified atom stereocenters. The van der Waals surface area contributed by atoms with Gasteiger partial charge in [0.05, 0.1) is 10.6 Å². The first-order valence-electron chi connectivity index (χ1n) is 10.6. The molecule has 0 atom stereocenters. The third-order valence-corrected chi connectivity index (χ3v) is 6.27. The van der Waals surface area contributed by atoms with E-state index in [2.05, 4.69) is 24.1 Å². The summed E-state index contributed by atoms with van der Waals surface area (Å²) in [5.41, 5.74) is 0. The predicted molar refractivity (Wildman–Crippen MR) is 126 cm³/mol. The molecule has 0 spiro atoms. The summed E-state index contributed by atoms with van der Waals surface area (Å²) in [5.74, 6) is -2.60. The van der Waals surface area contributed by atoms with Gasteiger partial charge in [0.25, 0.3) is 0 Å². The van der Waals surface area contributed by atoms with Gasteiger partial charge in [0.15, 0.2) is 9.84 Å². The SMILES string of the molecule is CCN(CC)CCNC(=O)N(CCS(=O)(=O)c1ccccc1)C(C)C.O=C(O)C=CC(=O)O. The highest BCUT2D eigenvalue weighted by Gasteiger charge is 2.21. The highest BCUT2D eigenvalue weighted by molar-refractivity contribution is 7.91. The summed E-state index contributed by atoms with van der Waals surface area (Å²) in [4.78, 5) is 35.6. The lowest BCUT2D eigenvalue weighted by Crippen LogP contribution is -2.47. The van der Waals surface area contributed by atoms with Crippen LogP contribution in [-0.4, -0.2) is 90.9 Å². The number of nitrogens with one attached hydrogen (secondary N) is 1. The lowest BCUT2D eigenvalue weighted by Gasteiger charge is -2.27. The van der Waals surface area contributed by atoms with Gasteiger partial charge in [-0.3, -0.25) is 0 Å². The number of rotatable bonds is 12. The van der Waals surface area contributed by atoms with Gasteiger partial charge < -0.3 is 25.3 Å². The summed E-state index contributed by atoms with van der Waals surface area (Å²) in [6.45, 7) is 11.3. The van der Waals surface area contributed by atoms with Crippen molar-refractivity contribution in [2.45, 2.75) is 38.6 Å². The molecule has 1 rings (SSSR count). The average Bonchev–Trinajstić information content (AvgIpc) is 2.76. The number of nitrogens with zero attached hydrogens (tertiary/aromatic N) is 2. The van der Waals surface area contributed by atoms with Crippen LogP contribution < -0.4 is 5.32 Å². The van der Waals surface area contributed by atoms with E-state index in [1.165, 1.54) is 0 Å². The van der Waals surface area contributed by atoms with Crippen molar-refractivity contribution in [1.29, 1.82) is 0 Å². The molecular formula is C22H35N3O7S. The van der Waals surface area contributed by atoms with E-state index in [9.17, 15) is 22.8 Å². The zero-order chi connectivity index (χ0) is 25.4. The number of amides is 2. The van der Waals surface area contributed by atoms with Crippen molar-refractivity contribution in [2.75, 3.05) is 38.5 Å². The van der Waals surface area contributed by atoms with Crippen LogP contribution in [0.25, 0.3) is 0 Å². The second kappa shape index (κ2) is 15.8. The van der Waals surface area contributed by atoms with Gasteiger partial charge in [-0.15, -0.1) is 0 Å². The molecule has 10 nitrogen and oxygen atoms in total. The lowest BCUT2D eigenvalue weighted by molar-refractivity contribution is -0.134. The van der Waals surface area contributed by atoms with Crippen LogP contribution in [-0.2, 0) is 19.4 Å². The van der Waals surface area contributed by atoms with Crippen molar-refractivity contribution in [3.05, 3.63) is 42.5 Å². The fraction of sp³-hybridized carbons (Fsp3) is 0.500. The molecule has 0 aliphatic heterocycles. The van der Waals surface area contributed by atoms with Crippen molar-refractivity contribution in [3.8, 4) is 0 Å². The first-order valence-corrected chi connectivity index (χ1v) is 12.3. The number of hydrogen-bond acceptors (Lipinski definition) is 6. The van der Waals surface area contributed by atoms with Crippen molar-refractivity contribution in [2.24, 2.45) is 0 Å². The quantitative estimate of drug-likeness (QED) is 0.381. The Balaban J connectivity index is 0.00000109. The standard InChI is InChI=1S/C18H31N3O3S.C4H4O4/c1-5-20(6-2)13-12-19-18(22)21(16(3)4)14-15-25(23,24)17-10-8-7-9-11-17;5-3(6)1-2-4(7)8/h7-11,16H,5-6,12-15H2,1-4H3,(H,19,22);1-2H,(H,5,6)(H,7,8). The Labute approximate surface area is 195 Å². The Bertz CT molecular complexity index is 851. The number of likely N-dealkylation sites (N-methyl/N-ethyl adjacent to an activating group) is 1. The van der Waals surface area contributed by atoms with Crippen molar-refractivity contribution >= 4 is 27.8 Å². The van der Waals surface area contributed by atoms with Gasteiger partial charge >= 0.3 is 18.0 Å². The molecular weight excluding hydrogens is 450 g/mol. The van der Waals surface area contributed by atoms with Crippen LogP contribution in [0.1, 0.15) is 27.7 Å². The van der Waals surface area contributed by atoms with Crippen molar-refractivity contribution < 1.29 is 33.0 Å². The molecule has 0 heterocycles. The second-order valence-corrected chi connectivity index (χ2v) is 9.30. The van der Waals surface area contributed by atoms with E-state index in [1.807, 2.05) is 13.8 Å². The summed E-state index contributed by atoms with van der Waals surface area (Å²) in [7, 11) is -3.39. The molecule has 0 fully saturated rings. The Morgan fingerprint density at radius 1 is 0.970 bits per heavy atom. The first-order chi connectivity index (χ1) is 15.4. The van der Waals surface area contributed by atoms with E-state index in [1.54, 1.807) is 35.2 Å². The van der Waals surface area contributed by atoms with Crippen molar-refractivity contribution in [3.63, 3.8) is 0 Å². The van der Waals surface area contributed by atoms with Crippen LogP contribution in [0.4, 0.5) is 4.79 Å². The van der Waals surface area contributed by atoms with Gasteiger partial charge in [-0.1, -0.05) is 32.0 Å². The maximum Gasteiger partial charge on any atom is 0.328 e. The average molecular weight is 486 g/mol. The minimum atomic E-state index is -3.39. The maximum absolute atomic E-state index is 12.4. The Morgan fingerprint density at radius 2 is 1.48 bits per heavy atom. The molecule has 11 heteroatoms. The Kier molecular flexibility index (Phi) is 14.4. The van der Waals surface area contributed by atoms with Crippen LogP contribution in [0.5, 0.6) is 0 Å². The zero-order valence-corrected chi connectivity index (χ0v) is 20.4.